The number of methoxy groups -OCH3 is 1. The van der Waals surface area contributed by atoms with Gasteiger partial charge in [0.25, 0.3) is 5.91 Å². The van der Waals surface area contributed by atoms with Gasteiger partial charge in [0, 0.05) is 18.5 Å². The zero-order chi connectivity index (χ0) is 16.7. The lowest BCUT2D eigenvalue weighted by atomic mass is 10.3. The van der Waals surface area contributed by atoms with Gasteiger partial charge in [-0.25, -0.2) is 4.68 Å². The molecule has 1 amide bonds. The lowest BCUT2D eigenvalue weighted by Gasteiger charge is -2.04. The first-order chi connectivity index (χ1) is 11.1. The lowest BCUT2D eigenvalue weighted by molar-refractivity contribution is -0.133. The largest absolute Gasteiger partial charge is 0.497 e. The minimum Gasteiger partial charge on any atom is -0.497 e. The van der Waals surface area contributed by atoms with Crippen molar-refractivity contribution in [1.29, 1.82) is 0 Å². The molecule has 2 N–H and O–H groups in total. The molecule has 0 atom stereocenters. The fourth-order valence-electron chi connectivity index (χ4n) is 1.81. The number of carbonyl (C=O) groups excluding carboxylic acids is 1. The Bertz CT molecular complexity index is 670. The average Bonchev–Trinajstić information content (AvgIpc) is 3.04. The minimum atomic E-state index is -0.862. The summed E-state index contributed by atoms with van der Waals surface area (Å²) in [6.07, 6.45) is 1.70. The van der Waals surface area contributed by atoms with Gasteiger partial charge in [-0.05, 0) is 30.3 Å². The number of hydrogen-bond donors (Lipinski definition) is 2. The molecule has 0 aliphatic carbocycles. The molecule has 0 unspecified atom stereocenters. The first-order valence-electron chi connectivity index (χ1n) is 6.88. The van der Waals surface area contributed by atoms with Gasteiger partial charge in [0.1, 0.15) is 5.75 Å². The highest BCUT2D eigenvalue weighted by Gasteiger charge is 2.09. The van der Waals surface area contributed by atoms with Crippen molar-refractivity contribution in [3.8, 4) is 11.4 Å². The van der Waals surface area contributed by atoms with E-state index in [-0.39, 0.29) is 11.7 Å². The van der Waals surface area contributed by atoms with Crippen molar-refractivity contribution in [3.63, 3.8) is 0 Å². The smallest absolute Gasteiger partial charge is 0.313 e. The Labute approximate surface area is 137 Å². The van der Waals surface area contributed by atoms with Crippen molar-refractivity contribution in [1.82, 2.24) is 15.1 Å². The quantitative estimate of drug-likeness (QED) is 0.709. The molecule has 0 saturated heterocycles. The van der Waals surface area contributed by atoms with Crippen molar-refractivity contribution >= 4 is 23.6 Å². The number of benzene rings is 1. The Morgan fingerprint density at radius 2 is 2.04 bits per heavy atom. The number of hydrogen-bond acceptors (Lipinski definition) is 5. The molecule has 1 aromatic carbocycles. The monoisotopic (exact) mass is 335 g/mol. The second kappa shape index (κ2) is 8.23. The van der Waals surface area contributed by atoms with Crippen LogP contribution < -0.4 is 10.1 Å². The van der Waals surface area contributed by atoms with Gasteiger partial charge in [-0.1, -0.05) is 0 Å². The first kappa shape index (κ1) is 16.9. The summed E-state index contributed by atoms with van der Waals surface area (Å²) in [4.78, 5) is 22.3. The summed E-state index contributed by atoms with van der Waals surface area (Å²) in [5, 5.41) is 15.4. The van der Waals surface area contributed by atoms with Crippen LogP contribution in [0.15, 0.2) is 36.5 Å². The number of rotatable bonds is 8. The molecule has 1 heterocycles. The Hall–Kier alpha value is -2.48. The second-order valence-corrected chi connectivity index (χ2v) is 5.65. The normalized spacial score (nSPS) is 10.3. The van der Waals surface area contributed by atoms with Gasteiger partial charge < -0.3 is 15.2 Å². The van der Waals surface area contributed by atoms with Gasteiger partial charge in [0.2, 0.25) is 0 Å². The molecule has 7 nitrogen and oxygen atoms in total. The van der Waals surface area contributed by atoms with Crippen LogP contribution in [0.3, 0.4) is 0 Å². The molecule has 1 aromatic heterocycles. The summed E-state index contributed by atoms with van der Waals surface area (Å²) in [6.45, 7) is 0.395. The average molecular weight is 335 g/mol. The van der Waals surface area contributed by atoms with Gasteiger partial charge in [-0.15, -0.1) is 11.8 Å². The molecular weight excluding hydrogens is 318 g/mol. The number of ether oxygens (including phenoxy) is 1. The highest BCUT2D eigenvalue weighted by atomic mass is 32.2. The maximum Gasteiger partial charge on any atom is 0.313 e. The van der Waals surface area contributed by atoms with Gasteiger partial charge in [0.15, 0.2) is 5.69 Å². The molecule has 0 aliphatic rings. The van der Waals surface area contributed by atoms with E-state index in [4.69, 9.17) is 9.84 Å². The zero-order valence-corrected chi connectivity index (χ0v) is 13.4. The molecule has 0 bridgehead atoms. The predicted octanol–water partition coefficient (Wildman–Crippen LogP) is 1.43. The highest BCUT2D eigenvalue weighted by molar-refractivity contribution is 7.99. The van der Waals surface area contributed by atoms with Crippen molar-refractivity contribution < 1.29 is 19.4 Å². The van der Waals surface area contributed by atoms with E-state index in [2.05, 4.69) is 10.4 Å². The second-order valence-electron chi connectivity index (χ2n) is 4.55. The number of carboxylic acid groups (broad SMARTS) is 1. The first-order valence-corrected chi connectivity index (χ1v) is 8.03. The number of amides is 1. The molecule has 0 spiro atoms. The molecule has 0 fully saturated rings. The van der Waals surface area contributed by atoms with Crippen molar-refractivity contribution in [3.05, 3.63) is 42.2 Å². The summed E-state index contributed by atoms with van der Waals surface area (Å²) in [5.74, 6) is 0.171. The van der Waals surface area contributed by atoms with Crippen LogP contribution in [0, 0.1) is 0 Å². The summed E-state index contributed by atoms with van der Waals surface area (Å²) >= 11 is 1.25. The van der Waals surface area contributed by atoms with Crippen LogP contribution in [-0.4, -0.2) is 51.9 Å². The number of aromatic nitrogens is 2. The van der Waals surface area contributed by atoms with E-state index >= 15 is 0 Å². The van der Waals surface area contributed by atoms with E-state index in [1.165, 1.54) is 11.8 Å². The molecule has 8 heteroatoms. The van der Waals surface area contributed by atoms with Crippen LogP contribution >= 0.6 is 11.8 Å². The Kier molecular flexibility index (Phi) is 6.04. The van der Waals surface area contributed by atoms with Gasteiger partial charge in [0.05, 0.1) is 18.6 Å². The van der Waals surface area contributed by atoms with Gasteiger partial charge in [-0.2, -0.15) is 5.10 Å². The number of aliphatic carboxylic acids is 1. The SMILES string of the molecule is COc1ccc(-n2ccc(C(=O)NCCSCC(=O)O)n2)cc1. The number of nitrogens with zero attached hydrogens (tertiary/aromatic N) is 2. The Balaban J connectivity index is 1.87. The molecule has 2 rings (SSSR count). The molecule has 0 aliphatic heterocycles. The molecule has 0 radical (unpaired) electrons. The van der Waals surface area contributed by atoms with Gasteiger partial charge >= 0.3 is 5.97 Å². The van der Waals surface area contributed by atoms with Crippen molar-refractivity contribution in [2.45, 2.75) is 0 Å². The maximum atomic E-state index is 12.0. The van der Waals surface area contributed by atoms with E-state index in [0.717, 1.165) is 11.4 Å². The number of carbonyl (C=O) groups is 2. The molecule has 0 saturated carbocycles. The van der Waals surface area contributed by atoms with Crippen molar-refractivity contribution in [2.75, 3.05) is 25.2 Å². The third-order valence-electron chi connectivity index (χ3n) is 2.92. The van der Waals surface area contributed by atoms with Crippen LogP contribution in [0.1, 0.15) is 10.5 Å². The van der Waals surface area contributed by atoms with Crippen molar-refractivity contribution in [2.24, 2.45) is 0 Å². The summed E-state index contributed by atoms with van der Waals surface area (Å²) in [5.41, 5.74) is 1.13. The van der Waals surface area contributed by atoms with E-state index < -0.39 is 5.97 Å². The number of carboxylic acids is 1. The summed E-state index contributed by atoms with van der Waals surface area (Å²) < 4.78 is 6.70. The fourth-order valence-corrected chi connectivity index (χ4v) is 2.38. The van der Waals surface area contributed by atoms with Gasteiger partial charge in [-0.3, -0.25) is 9.59 Å². The van der Waals surface area contributed by atoms with E-state index in [1.807, 2.05) is 24.3 Å². The van der Waals surface area contributed by atoms with E-state index in [1.54, 1.807) is 24.1 Å². The molecular formula is C15H17N3O4S. The Morgan fingerprint density at radius 1 is 1.30 bits per heavy atom. The van der Waals surface area contributed by atoms with Crippen LogP contribution in [0.5, 0.6) is 5.75 Å². The Morgan fingerprint density at radius 3 is 2.70 bits per heavy atom. The third kappa shape index (κ3) is 5.03. The molecule has 122 valence electrons. The maximum absolute atomic E-state index is 12.0. The van der Waals surface area contributed by atoms with Crippen LogP contribution in [-0.2, 0) is 4.79 Å². The van der Waals surface area contributed by atoms with Crippen LogP contribution in [0.2, 0.25) is 0 Å². The zero-order valence-electron chi connectivity index (χ0n) is 12.6. The third-order valence-corrected chi connectivity index (χ3v) is 3.86. The molecule has 23 heavy (non-hydrogen) atoms. The standard InChI is InChI=1S/C15H17N3O4S/c1-22-12-4-2-11(3-5-12)18-8-6-13(17-18)15(21)16-7-9-23-10-14(19)20/h2-6,8H,7,9-10H2,1H3,(H,16,21)(H,19,20). The van der Waals surface area contributed by atoms with E-state index in [0.29, 0.717) is 18.0 Å². The van der Waals surface area contributed by atoms with E-state index in [9.17, 15) is 9.59 Å². The summed E-state index contributed by atoms with van der Waals surface area (Å²) in [6, 6.07) is 8.95. The highest BCUT2D eigenvalue weighted by Crippen LogP contribution is 2.14. The van der Waals surface area contributed by atoms with Crippen LogP contribution in [0.25, 0.3) is 5.69 Å². The lowest BCUT2D eigenvalue weighted by Crippen LogP contribution is -2.26. The van der Waals surface area contributed by atoms with Crippen LogP contribution in [0.4, 0.5) is 0 Å². The topological polar surface area (TPSA) is 93.5 Å². The number of thioether (sulfide) groups is 1. The fraction of sp³-hybridized carbons (Fsp3) is 0.267. The summed E-state index contributed by atoms with van der Waals surface area (Å²) in [7, 11) is 1.60. The minimum absolute atomic E-state index is 0.0297. The predicted molar refractivity (Wildman–Crippen MR) is 87.4 cm³/mol. The molecule has 2 aromatic rings. The number of nitrogens with one attached hydrogen (secondary N) is 1.